The Morgan fingerprint density at radius 2 is 1.67 bits per heavy atom. The molecule has 0 aliphatic carbocycles. The lowest BCUT2D eigenvalue weighted by molar-refractivity contribution is -0.119. The molecule has 0 spiro atoms. The first-order valence-corrected chi connectivity index (χ1v) is 9.96. The number of carbonyl (C=O) groups excluding carboxylic acids is 3. The van der Waals surface area contributed by atoms with E-state index in [1.54, 1.807) is 41.3 Å². The molecule has 1 saturated heterocycles. The van der Waals surface area contributed by atoms with Crippen LogP contribution in [0.2, 0.25) is 0 Å². The van der Waals surface area contributed by atoms with E-state index in [0.717, 1.165) is 6.42 Å². The molecule has 0 saturated carbocycles. The number of anilines is 3. The molecule has 3 rings (SSSR count). The molecule has 8 nitrogen and oxygen atoms in total. The number of carbonyl (C=O) groups is 3. The van der Waals surface area contributed by atoms with Crippen molar-refractivity contribution < 1.29 is 19.1 Å². The molecule has 0 unspecified atom stereocenters. The van der Waals surface area contributed by atoms with Crippen molar-refractivity contribution in [1.29, 1.82) is 0 Å². The normalized spacial score (nSPS) is 15.4. The van der Waals surface area contributed by atoms with Gasteiger partial charge in [-0.1, -0.05) is 12.1 Å². The van der Waals surface area contributed by atoms with Crippen LogP contribution in [0.3, 0.4) is 0 Å². The maximum atomic E-state index is 12.8. The fourth-order valence-corrected chi connectivity index (χ4v) is 3.39. The summed E-state index contributed by atoms with van der Waals surface area (Å²) < 4.78 is 5.55. The van der Waals surface area contributed by atoms with Gasteiger partial charge in [-0.25, -0.2) is 4.79 Å². The average Bonchev–Trinajstić information content (AvgIpc) is 3.21. The Morgan fingerprint density at radius 1 is 1.00 bits per heavy atom. The highest BCUT2D eigenvalue weighted by Gasteiger charge is 2.34. The van der Waals surface area contributed by atoms with E-state index < -0.39 is 6.04 Å². The second-order valence-corrected chi connectivity index (χ2v) is 6.96. The quantitative estimate of drug-likeness (QED) is 0.676. The number of benzene rings is 2. The van der Waals surface area contributed by atoms with Gasteiger partial charge in [0.15, 0.2) is 0 Å². The molecule has 2 aromatic carbocycles. The van der Waals surface area contributed by atoms with Crippen molar-refractivity contribution >= 4 is 34.9 Å². The van der Waals surface area contributed by atoms with Gasteiger partial charge in [0.2, 0.25) is 11.8 Å². The minimum absolute atomic E-state index is 0.162. The number of hydrogen-bond acceptors (Lipinski definition) is 4. The van der Waals surface area contributed by atoms with Crippen molar-refractivity contribution in [3.63, 3.8) is 0 Å². The molecule has 1 aliphatic heterocycles. The maximum absolute atomic E-state index is 12.8. The topological polar surface area (TPSA) is 99.8 Å². The minimum Gasteiger partial charge on any atom is -0.492 e. The van der Waals surface area contributed by atoms with Crippen LogP contribution < -0.4 is 20.7 Å². The summed E-state index contributed by atoms with van der Waals surface area (Å²) in [5.41, 5.74) is 1.82. The van der Waals surface area contributed by atoms with E-state index in [9.17, 15) is 14.4 Å². The first-order valence-electron chi connectivity index (χ1n) is 9.96. The summed E-state index contributed by atoms with van der Waals surface area (Å²) >= 11 is 0. The predicted octanol–water partition coefficient (Wildman–Crippen LogP) is 3.68. The van der Waals surface area contributed by atoms with E-state index in [1.165, 1.54) is 6.92 Å². The minimum atomic E-state index is -0.556. The fourth-order valence-electron chi connectivity index (χ4n) is 3.39. The summed E-state index contributed by atoms with van der Waals surface area (Å²) in [7, 11) is 0. The van der Waals surface area contributed by atoms with Gasteiger partial charge in [0.1, 0.15) is 11.8 Å². The fraction of sp³-hybridized carbons (Fsp3) is 0.318. The Labute approximate surface area is 175 Å². The summed E-state index contributed by atoms with van der Waals surface area (Å²) in [6.45, 7) is 4.30. The Bertz CT molecular complexity index is 914. The van der Waals surface area contributed by atoms with E-state index in [2.05, 4.69) is 16.0 Å². The molecule has 4 amide bonds. The average molecular weight is 410 g/mol. The molecule has 8 heteroatoms. The molecule has 3 N–H and O–H groups in total. The van der Waals surface area contributed by atoms with E-state index >= 15 is 0 Å². The van der Waals surface area contributed by atoms with Gasteiger partial charge < -0.3 is 25.6 Å². The summed E-state index contributed by atoms with van der Waals surface area (Å²) in [6, 6.07) is 13.2. The van der Waals surface area contributed by atoms with Gasteiger partial charge in [-0.15, -0.1) is 0 Å². The highest BCUT2D eigenvalue weighted by Crippen LogP contribution is 2.26. The lowest BCUT2D eigenvalue weighted by atomic mass is 10.2. The predicted molar refractivity (Wildman–Crippen MR) is 116 cm³/mol. The van der Waals surface area contributed by atoms with E-state index in [-0.39, 0.29) is 17.8 Å². The Hall–Kier alpha value is -3.55. The SMILES string of the molecule is CCOc1ccccc1NC(=O)N1CCC[C@H]1C(=O)Nc1ccc(NC(C)=O)cc1. The second-order valence-electron chi connectivity index (χ2n) is 6.96. The number of para-hydroxylation sites is 2. The van der Waals surface area contributed by atoms with Gasteiger partial charge in [0, 0.05) is 24.8 Å². The van der Waals surface area contributed by atoms with Gasteiger partial charge in [0.25, 0.3) is 0 Å². The first-order chi connectivity index (χ1) is 14.5. The van der Waals surface area contributed by atoms with Gasteiger partial charge in [0.05, 0.1) is 12.3 Å². The van der Waals surface area contributed by atoms with Crippen molar-refractivity contribution in [2.24, 2.45) is 0 Å². The van der Waals surface area contributed by atoms with Crippen molar-refractivity contribution in [3.05, 3.63) is 48.5 Å². The highest BCUT2D eigenvalue weighted by atomic mass is 16.5. The summed E-state index contributed by atoms with van der Waals surface area (Å²) in [4.78, 5) is 38.3. The van der Waals surface area contributed by atoms with Gasteiger partial charge >= 0.3 is 6.03 Å². The number of nitrogens with zero attached hydrogens (tertiary/aromatic N) is 1. The van der Waals surface area contributed by atoms with Crippen LogP contribution in [0.25, 0.3) is 0 Å². The summed E-state index contributed by atoms with van der Waals surface area (Å²) in [6.07, 6.45) is 1.34. The van der Waals surface area contributed by atoms with Crippen LogP contribution in [0.4, 0.5) is 21.9 Å². The number of urea groups is 1. The molecule has 158 valence electrons. The van der Waals surface area contributed by atoms with E-state index in [1.807, 2.05) is 19.1 Å². The highest BCUT2D eigenvalue weighted by molar-refractivity contribution is 6.00. The zero-order valence-corrected chi connectivity index (χ0v) is 17.1. The molecular weight excluding hydrogens is 384 g/mol. The molecule has 1 heterocycles. The summed E-state index contributed by atoms with van der Waals surface area (Å²) in [5.74, 6) is 0.186. The van der Waals surface area contributed by atoms with Crippen LogP contribution in [0.15, 0.2) is 48.5 Å². The Kier molecular flexibility index (Phi) is 6.90. The Morgan fingerprint density at radius 3 is 2.33 bits per heavy atom. The molecule has 0 aromatic heterocycles. The smallest absolute Gasteiger partial charge is 0.322 e. The van der Waals surface area contributed by atoms with Crippen molar-refractivity contribution in [3.8, 4) is 5.75 Å². The van der Waals surface area contributed by atoms with Gasteiger partial charge in [-0.05, 0) is 56.2 Å². The molecule has 1 aliphatic rings. The van der Waals surface area contributed by atoms with Crippen LogP contribution in [0.5, 0.6) is 5.75 Å². The van der Waals surface area contributed by atoms with Crippen molar-refractivity contribution in [2.45, 2.75) is 32.7 Å². The third-order valence-electron chi connectivity index (χ3n) is 4.72. The van der Waals surface area contributed by atoms with Crippen LogP contribution in [-0.2, 0) is 9.59 Å². The maximum Gasteiger partial charge on any atom is 0.322 e. The van der Waals surface area contributed by atoms with Crippen LogP contribution >= 0.6 is 0 Å². The van der Waals surface area contributed by atoms with Crippen LogP contribution in [-0.4, -0.2) is 41.9 Å². The van der Waals surface area contributed by atoms with Gasteiger partial charge in [-0.2, -0.15) is 0 Å². The molecular formula is C22H26N4O4. The molecule has 30 heavy (non-hydrogen) atoms. The van der Waals surface area contributed by atoms with Crippen molar-refractivity contribution in [1.82, 2.24) is 4.90 Å². The molecule has 0 bridgehead atoms. The van der Waals surface area contributed by atoms with Crippen LogP contribution in [0, 0.1) is 0 Å². The van der Waals surface area contributed by atoms with E-state index in [0.29, 0.717) is 42.4 Å². The zero-order valence-electron chi connectivity index (χ0n) is 17.1. The number of nitrogens with one attached hydrogen (secondary N) is 3. The monoisotopic (exact) mass is 410 g/mol. The van der Waals surface area contributed by atoms with Crippen molar-refractivity contribution in [2.75, 3.05) is 29.1 Å². The summed E-state index contributed by atoms with van der Waals surface area (Å²) in [5, 5.41) is 8.38. The zero-order chi connectivity index (χ0) is 21.5. The number of amides is 4. The lowest BCUT2D eigenvalue weighted by Crippen LogP contribution is -2.45. The largest absolute Gasteiger partial charge is 0.492 e. The lowest BCUT2D eigenvalue weighted by Gasteiger charge is -2.24. The van der Waals surface area contributed by atoms with Crippen LogP contribution in [0.1, 0.15) is 26.7 Å². The molecule has 0 radical (unpaired) electrons. The van der Waals surface area contributed by atoms with Gasteiger partial charge in [-0.3, -0.25) is 9.59 Å². The second kappa shape index (κ2) is 9.78. The number of hydrogen-bond donors (Lipinski definition) is 3. The number of rotatable bonds is 6. The first kappa shape index (κ1) is 21.2. The Balaban J connectivity index is 1.64. The molecule has 2 aromatic rings. The van der Waals surface area contributed by atoms with E-state index in [4.69, 9.17) is 4.74 Å². The molecule has 1 fully saturated rings. The molecule has 1 atom stereocenters. The number of ether oxygens (including phenoxy) is 1. The number of likely N-dealkylation sites (tertiary alicyclic amines) is 1. The standard InChI is InChI=1S/C22H26N4O4/c1-3-30-20-9-5-4-7-18(20)25-22(29)26-14-6-8-19(26)21(28)24-17-12-10-16(11-13-17)23-15(2)27/h4-5,7,9-13,19H,3,6,8,14H2,1-2H3,(H,23,27)(H,24,28)(H,25,29)/t19-/m0/s1. The third-order valence-corrected chi connectivity index (χ3v) is 4.72. The third kappa shape index (κ3) is 5.28.